The van der Waals surface area contributed by atoms with Crippen LogP contribution in [0.25, 0.3) is 0 Å². The van der Waals surface area contributed by atoms with Gasteiger partial charge in [-0.3, -0.25) is 0 Å². The van der Waals surface area contributed by atoms with Crippen LogP contribution in [0.5, 0.6) is 0 Å². The van der Waals surface area contributed by atoms with Gasteiger partial charge in [0.1, 0.15) is 11.7 Å². The molecule has 0 saturated carbocycles. The number of ether oxygens (including phenoxy) is 3. The Morgan fingerprint density at radius 2 is 1.31 bits per heavy atom. The second-order valence-electron chi connectivity index (χ2n) is 12.5. The van der Waals surface area contributed by atoms with E-state index in [4.69, 9.17) is 14.2 Å². The van der Waals surface area contributed by atoms with E-state index in [-0.39, 0.29) is 28.9 Å². The molecule has 1 aliphatic rings. The van der Waals surface area contributed by atoms with Crippen molar-refractivity contribution in [2.24, 2.45) is 5.92 Å². The number of methoxy groups -OCH3 is 1. The minimum absolute atomic E-state index is 0.0590. The highest BCUT2D eigenvalue weighted by Crippen LogP contribution is 2.41. The summed E-state index contributed by atoms with van der Waals surface area (Å²) >= 11 is 0. The Labute approximate surface area is 217 Å². The zero-order valence-electron chi connectivity index (χ0n) is 23.6. The van der Waals surface area contributed by atoms with Crippen molar-refractivity contribution in [3.8, 4) is 0 Å². The van der Waals surface area contributed by atoms with Crippen molar-refractivity contribution in [2.45, 2.75) is 90.4 Å². The highest BCUT2D eigenvalue weighted by molar-refractivity contribution is 5.60. The molecule has 2 atom stereocenters. The Balaban J connectivity index is 1.97. The Hall–Kier alpha value is -2.37. The molecule has 198 valence electrons. The van der Waals surface area contributed by atoms with E-state index in [0.717, 1.165) is 11.1 Å². The maximum atomic E-state index is 12.2. The Morgan fingerprint density at radius 3 is 1.69 bits per heavy atom. The van der Waals surface area contributed by atoms with Gasteiger partial charge in [0.2, 0.25) is 0 Å². The van der Waals surface area contributed by atoms with E-state index in [9.17, 15) is 4.79 Å². The van der Waals surface area contributed by atoms with Crippen molar-refractivity contribution in [1.82, 2.24) is 5.32 Å². The van der Waals surface area contributed by atoms with Gasteiger partial charge in [-0.15, -0.1) is 0 Å². The molecule has 0 aliphatic carbocycles. The van der Waals surface area contributed by atoms with Crippen LogP contribution in [0, 0.1) is 5.92 Å². The molecule has 1 heterocycles. The normalized spacial score (nSPS) is 18.9. The molecule has 5 nitrogen and oxygen atoms in total. The first-order chi connectivity index (χ1) is 16.8. The molecule has 1 aliphatic heterocycles. The summed E-state index contributed by atoms with van der Waals surface area (Å²) in [5.41, 5.74) is 4.06. The molecule has 2 unspecified atom stereocenters. The summed E-state index contributed by atoms with van der Waals surface area (Å²) in [6, 6.07) is 17.4. The molecule has 0 aromatic heterocycles. The molecular weight excluding hydrogens is 450 g/mol. The van der Waals surface area contributed by atoms with Crippen LogP contribution < -0.4 is 5.32 Å². The number of carbonyl (C=O) groups excluding carboxylic acids is 1. The first-order valence-corrected chi connectivity index (χ1v) is 13.1. The van der Waals surface area contributed by atoms with E-state index in [1.165, 1.54) is 11.1 Å². The monoisotopic (exact) mass is 495 g/mol. The van der Waals surface area contributed by atoms with Crippen molar-refractivity contribution >= 4 is 6.16 Å². The zero-order chi connectivity index (χ0) is 26.7. The van der Waals surface area contributed by atoms with Gasteiger partial charge in [0.05, 0.1) is 6.61 Å². The Kier molecular flexibility index (Phi) is 8.57. The molecule has 0 bridgehead atoms. The molecule has 2 aromatic carbocycles. The fourth-order valence-electron chi connectivity index (χ4n) is 4.89. The van der Waals surface area contributed by atoms with Crippen molar-refractivity contribution < 1.29 is 19.0 Å². The van der Waals surface area contributed by atoms with Crippen LogP contribution in [0.4, 0.5) is 4.79 Å². The van der Waals surface area contributed by atoms with Crippen molar-refractivity contribution in [3.63, 3.8) is 0 Å². The summed E-state index contributed by atoms with van der Waals surface area (Å²) in [6.07, 6.45) is -0.276. The lowest BCUT2D eigenvalue weighted by atomic mass is 9.76. The molecule has 2 aromatic rings. The summed E-state index contributed by atoms with van der Waals surface area (Å²) in [6.45, 7) is 18.2. The quantitative estimate of drug-likeness (QED) is 0.433. The standard InChI is InChI=1S/C31H45NO4/c1-21(2)20-35-28(33)36-26-18-27(32-19-26)31(34-9,24-14-10-22(11-15-24)29(3,4)5)25-16-12-23(13-17-25)30(6,7)8/h10-17,21,26-27,32H,18-20H2,1-9H3. The first kappa shape index (κ1) is 28.2. The van der Waals surface area contributed by atoms with Crippen molar-refractivity contribution in [3.05, 3.63) is 70.8 Å². The number of hydrogen-bond donors (Lipinski definition) is 1. The third-order valence-electron chi connectivity index (χ3n) is 7.06. The van der Waals surface area contributed by atoms with E-state index >= 15 is 0 Å². The van der Waals surface area contributed by atoms with Gasteiger partial charge in [-0.05, 0) is 39.0 Å². The van der Waals surface area contributed by atoms with Crippen molar-refractivity contribution in [2.75, 3.05) is 20.3 Å². The maximum Gasteiger partial charge on any atom is 0.508 e. The van der Waals surface area contributed by atoms with Gasteiger partial charge >= 0.3 is 6.16 Å². The molecule has 5 heteroatoms. The van der Waals surface area contributed by atoms with Crippen LogP contribution in [0.2, 0.25) is 0 Å². The molecule has 0 spiro atoms. The topological polar surface area (TPSA) is 56.8 Å². The second-order valence-corrected chi connectivity index (χ2v) is 12.5. The first-order valence-electron chi connectivity index (χ1n) is 13.1. The van der Waals surface area contributed by atoms with E-state index in [1.807, 2.05) is 13.8 Å². The molecular formula is C31H45NO4. The fourth-order valence-corrected chi connectivity index (χ4v) is 4.89. The fraction of sp³-hybridized carbons (Fsp3) is 0.581. The summed E-state index contributed by atoms with van der Waals surface area (Å²) in [5, 5.41) is 3.60. The van der Waals surface area contributed by atoms with Crippen LogP contribution >= 0.6 is 0 Å². The Bertz CT molecular complexity index is 939. The van der Waals surface area contributed by atoms with Gasteiger partial charge in [-0.1, -0.05) is 104 Å². The van der Waals surface area contributed by atoms with Gasteiger partial charge in [0.25, 0.3) is 0 Å². The van der Waals surface area contributed by atoms with Crippen LogP contribution in [0.15, 0.2) is 48.5 Å². The average Bonchev–Trinajstić information content (AvgIpc) is 3.27. The van der Waals surface area contributed by atoms with E-state index in [0.29, 0.717) is 19.6 Å². The number of hydrogen-bond acceptors (Lipinski definition) is 5. The third kappa shape index (κ3) is 6.30. The highest BCUT2D eigenvalue weighted by Gasteiger charge is 2.47. The van der Waals surface area contributed by atoms with Gasteiger partial charge in [0.15, 0.2) is 0 Å². The SMILES string of the molecule is COC(c1ccc(C(C)(C)C)cc1)(c1ccc(C(C)(C)C)cc1)C1CC(OC(=O)OCC(C)C)CN1. The van der Waals surface area contributed by atoms with E-state index in [1.54, 1.807) is 7.11 Å². The van der Waals surface area contributed by atoms with Gasteiger partial charge in [0, 0.05) is 26.1 Å². The van der Waals surface area contributed by atoms with Crippen LogP contribution in [-0.2, 0) is 30.6 Å². The summed E-state index contributed by atoms with van der Waals surface area (Å²) < 4.78 is 17.3. The van der Waals surface area contributed by atoms with E-state index < -0.39 is 11.8 Å². The van der Waals surface area contributed by atoms with Crippen molar-refractivity contribution in [1.29, 1.82) is 0 Å². The van der Waals surface area contributed by atoms with Crippen LogP contribution in [0.3, 0.4) is 0 Å². The number of carbonyl (C=O) groups is 1. The molecule has 0 radical (unpaired) electrons. The van der Waals surface area contributed by atoms with Gasteiger partial charge < -0.3 is 19.5 Å². The lowest BCUT2D eigenvalue weighted by Crippen LogP contribution is -2.47. The lowest BCUT2D eigenvalue weighted by molar-refractivity contribution is -0.0136. The summed E-state index contributed by atoms with van der Waals surface area (Å²) in [7, 11) is 1.77. The third-order valence-corrected chi connectivity index (χ3v) is 7.06. The largest absolute Gasteiger partial charge is 0.508 e. The minimum Gasteiger partial charge on any atom is -0.434 e. The Morgan fingerprint density at radius 1 is 0.861 bits per heavy atom. The zero-order valence-corrected chi connectivity index (χ0v) is 23.6. The van der Waals surface area contributed by atoms with Crippen LogP contribution in [0.1, 0.15) is 84.1 Å². The predicted molar refractivity (Wildman–Crippen MR) is 146 cm³/mol. The molecule has 1 N–H and O–H groups in total. The molecule has 0 amide bonds. The average molecular weight is 496 g/mol. The van der Waals surface area contributed by atoms with Gasteiger partial charge in [-0.25, -0.2) is 4.79 Å². The molecule has 3 rings (SSSR count). The highest BCUT2D eigenvalue weighted by atomic mass is 16.7. The molecule has 36 heavy (non-hydrogen) atoms. The summed E-state index contributed by atoms with van der Waals surface area (Å²) in [4.78, 5) is 12.2. The maximum absolute atomic E-state index is 12.2. The molecule has 1 fully saturated rings. The van der Waals surface area contributed by atoms with Gasteiger partial charge in [-0.2, -0.15) is 0 Å². The predicted octanol–water partition coefficient (Wildman–Crippen LogP) is 6.71. The summed E-state index contributed by atoms with van der Waals surface area (Å²) in [5.74, 6) is 0.264. The second kappa shape index (κ2) is 10.9. The number of nitrogens with one attached hydrogen (secondary N) is 1. The minimum atomic E-state index is -0.743. The van der Waals surface area contributed by atoms with E-state index in [2.05, 4.69) is 95.4 Å². The molecule has 1 saturated heterocycles. The smallest absolute Gasteiger partial charge is 0.434 e. The lowest BCUT2D eigenvalue weighted by Gasteiger charge is -2.39. The number of benzene rings is 2. The van der Waals surface area contributed by atoms with Crippen LogP contribution in [-0.4, -0.2) is 38.6 Å². The number of rotatable bonds is 7.